The molecule has 0 unspecified atom stereocenters. The molecule has 0 atom stereocenters. The number of aromatic nitrogens is 4. The van der Waals surface area contributed by atoms with Gasteiger partial charge in [-0.1, -0.05) is 0 Å². The van der Waals surface area contributed by atoms with Gasteiger partial charge in [0.05, 0.1) is 22.1 Å². The maximum absolute atomic E-state index is 7.55. The van der Waals surface area contributed by atoms with Gasteiger partial charge in [-0.2, -0.15) is 0 Å². The molecule has 5 rings (SSSR count). The van der Waals surface area contributed by atoms with Gasteiger partial charge in [0.25, 0.3) is 0 Å². The van der Waals surface area contributed by atoms with E-state index in [9.17, 15) is 0 Å². The average molecular weight is 530 g/mol. The van der Waals surface area contributed by atoms with Gasteiger partial charge in [0.2, 0.25) is 0 Å². The lowest BCUT2D eigenvalue weighted by molar-refractivity contribution is 0.589. The van der Waals surface area contributed by atoms with E-state index in [0.717, 1.165) is 11.0 Å². The fourth-order valence-corrected chi connectivity index (χ4v) is 3.17. The van der Waals surface area contributed by atoms with Gasteiger partial charge in [-0.25, -0.2) is 9.97 Å². The standard InChI is InChI=1S/C20H16N8O.4ClH/c21-17(22)9-1-3-11-13(7-9)27-19(25-11)15-5-6-16(29-15)20-26-12-4-2-10(18(23)24)8-14(12)28-20;;;;/h1-8H,(H3,21,22)(H3,23,24)(H,25,27)(H,26,28);4*1H. The molecule has 174 valence electrons. The van der Waals surface area contributed by atoms with E-state index >= 15 is 0 Å². The smallest absolute Gasteiger partial charge is 0.174 e. The van der Waals surface area contributed by atoms with Crippen LogP contribution in [0, 0.1) is 10.8 Å². The van der Waals surface area contributed by atoms with E-state index in [2.05, 4.69) is 19.9 Å². The molecule has 13 heteroatoms. The molecule has 9 nitrogen and oxygen atoms in total. The summed E-state index contributed by atoms with van der Waals surface area (Å²) < 4.78 is 5.95. The van der Waals surface area contributed by atoms with Gasteiger partial charge in [-0.3, -0.25) is 10.8 Å². The molecular formula is C20H20Cl4N8O. The number of nitrogens with two attached hydrogens (primary N) is 2. The number of nitrogens with zero attached hydrogens (tertiary/aromatic N) is 2. The van der Waals surface area contributed by atoms with Gasteiger partial charge >= 0.3 is 0 Å². The molecule has 0 spiro atoms. The van der Waals surface area contributed by atoms with Crippen molar-refractivity contribution in [2.24, 2.45) is 11.5 Å². The highest BCUT2D eigenvalue weighted by atomic mass is 35.5. The first-order valence-corrected chi connectivity index (χ1v) is 8.77. The molecule has 0 radical (unpaired) electrons. The molecule has 0 saturated carbocycles. The number of nitrogen functional groups attached to an aromatic ring is 2. The Bertz CT molecular complexity index is 1330. The van der Waals surface area contributed by atoms with Crippen LogP contribution in [0.25, 0.3) is 45.2 Å². The molecule has 3 heterocycles. The maximum atomic E-state index is 7.55. The number of fused-ring (bicyclic) bond motifs is 2. The predicted octanol–water partition coefficient (Wildman–Crippen LogP) is 4.62. The molecule has 0 saturated heterocycles. The summed E-state index contributed by atoms with van der Waals surface area (Å²) in [6.45, 7) is 0. The summed E-state index contributed by atoms with van der Waals surface area (Å²) in [6.07, 6.45) is 0. The second-order valence-corrected chi connectivity index (χ2v) is 6.63. The van der Waals surface area contributed by atoms with Gasteiger partial charge in [0.15, 0.2) is 23.2 Å². The zero-order valence-electron chi connectivity index (χ0n) is 16.7. The van der Waals surface area contributed by atoms with Crippen molar-refractivity contribution >= 4 is 83.4 Å². The van der Waals surface area contributed by atoms with Gasteiger partial charge in [0.1, 0.15) is 11.7 Å². The number of halogens is 4. The minimum absolute atomic E-state index is 0. The van der Waals surface area contributed by atoms with E-state index in [1.165, 1.54) is 0 Å². The van der Waals surface area contributed by atoms with Crippen molar-refractivity contribution in [2.75, 3.05) is 0 Å². The Morgan fingerprint density at radius 2 is 1.06 bits per heavy atom. The van der Waals surface area contributed by atoms with Crippen LogP contribution in [0.1, 0.15) is 11.1 Å². The van der Waals surface area contributed by atoms with Crippen LogP contribution in [0.2, 0.25) is 0 Å². The Morgan fingerprint density at radius 3 is 1.42 bits per heavy atom. The van der Waals surface area contributed by atoms with Crippen molar-refractivity contribution in [3.05, 3.63) is 59.7 Å². The van der Waals surface area contributed by atoms with E-state index in [0.29, 0.717) is 45.3 Å². The summed E-state index contributed by atoms with van der Waals surface area (Å²) in [5.41, 5.74) is 15.4. The molecular weight excluding hydrogens is 510 g/mol. The first-order chi connectivity index (χ1) is 14.0. The van der Waals surface area contributed by atoms with Crippen LogP contribution in [0.4, 0.5) is 0 Å². The van der Waals surface area contributed by atoms with Crippen molar-refractivity contribution in [2.45, 2.75) is 0 Å². The first kappa shape index (κ1) is 27.8. The Balaban J connectivity index is 0.00000136. The molecule has 8 N–H and O–H groups in total. The Kier molecular flexibility index (Phi) is 8.91. The quantitative estimate of drug-likeness (QED) is 0.147. The largest absolute Gasteiger partial charge is 0.450 e. The second-order valence-electron chi connectivity index (χ2n) is 6.63. The molecule has 0 aliphatic heterocycles. The van der Waals surface area contributed by atoms with Gasteiger partial charge < -0.3 is 25.9 Å². The molecule has 5 aromatic rings. The number of nitrogens with one attached hydrogen (secondary N) is 4. The van der Waals surface area contributed by atoms with E-state index in [-0.39, 0.29) is 61.3 Å². The lowest BCUT2D eigenvalue weighted by Gasteiger charge is -1.95. The van der Waals surface area contributed by atoms with Gasteiger partial charge in [0, 0.05) is 11.1 Å². The summed E-state index contributed by atoms with van der Waals surface area (Å²) in [5.74, 6) is 2.25. The number of imidazole rings is 2. The third kappa shape index (κ3) is 5.07. The van der Waals surface area contributed by atoms with Gasteiger partial charge in [-0.05, 0) is 48.5 Å². The maximum Gasteiger partial charge on any atom is 0.174 e. The number of hydrogen-bond donors (Lipinski definition) is 6. The van der Waals surface area contributed by atoms with Crippen LogP contribution in [0.5, 0.6) is 0 Å². The number of furan rings is 1. The molecule has 0 fully saturated rings. The van der Waals surface area contributed by atoms with Crippen LogP contribution in [-0.2, 0) is 0 Å². The van der Waals surface area contributed by atoms with Crippen molar-refractivity contribution < 1.29 is 4.42 Å². The van der Waals surface area contributed by atoms with Crippen molar-refractivity contribution in [1.82, 2.24) is 19.9 Å². The molecule has 2 aromatic carbocycles. The lowest BCUT2D eigenvalue weighted by atomic mass is 10.2. The summed E-state index contributed by atoms with van der Waals surface area (Å²) in [7, 11) is 0. The lowest BCUT2D eigenvalue weighted by Crippen LogP contribution is -2.10. The van der Waals surface area contributed by atoms with Crippen LogP contribution in [0.3, 0.4) is 0 Å². The Morgan fingerprint density at radius 1 is 0.667 bits per heavy atom. The summed E-state index contributed by atoms with van der Waals surface area (Å²) in [4.78, 5) is 15.5. The summed E-state index contributed by atoms with van der Waals surface area (Å²) >= 11 is 0. The zero-order valence-corrected chi connectivity index (χ0v) is 20.0. The number of aromatic amines is 2. The van der Waals surface area contributed by atoms with E-state index < -0.39 is 0 Å². The van der Waals surface area contributed by atoms with Crippen molar-refractivity contribution in [3.8, 4) is 23.2 Å². The zero-order chi connectivity index (χ0) is 20.1. The first-order valence-electron chi connectivity index (χ1n) is 8.77. The highest BCUT2D eigenvalue weighted by Crippen LogP contribution is 2.28. The number of rotatable bonds is 4. The SMILES string of the molecule is Cl.Cl.Cl.Cl.N=C(N)c1ccc2[nH]c(-c3ccc(-c4nc5cc(C(=N)N)ccc5[nH]4)o3)nc2c1. The van der Waals surface area contributed by atoms with E-state index in [1.54, 1.807) is 24.3 Å². The third-order valence-electron chi connectivity index (χ3n) is 4.66. The van der Waals surface area contributed by atoms with Crippen LogP contribution >= 0.6 is 49.6 Å². The number of hydrogen-bond acceptors (Lipinski definition) is 5. The summed E-state index contributed by atoms with van der Waals surface area (Å²) in [6, 6.07) is 14.3. The normalized spacial score (nSPS) is 9.94. The fraction of sp³-hybridized carbons (Fsp3) is 0. The second kappa shape index (κ2) is 10.6. The molecule has 33 heavy (non-hydrogen) atoms. The van der Waals surface area contributed by atoms with E-state index in [1.807, 2.05) is 24.3 Å². The number of H-pyrrole nitrogens is 2. The highest BCUT2D eigenvalue weighted by Gasteiger charge is 2.14. The molecule has 0 bridgehead atoms. The monoisotopic (exact) mass is 528 g/mol. The van der Waals surface area contributed by atoms with Gasteiger partial charge in [-0.15, -0.1) is 49.6 Å². The predicted molar refractivity (Wildman–Crippen MR) is 140 cm³/mol. The van der Waals surface area contributed by atoms with Crippen molar-refractivity contribution in [3.63, 3.8) is 0 Å². The van der Waals surface area contributed by atoms with Crippen molar-refractivity contribution in [1.29, 1.82) is 10.8 Å². The third-order valence-corrected chi connectivity index (χ3v) is 4.66. The fourth-order valence-electron chi connectivity index (χ4n) is 3.17. The minimum Gasteiger partial charge on any atom is -0.450 e. The summed E-state index contributed by atoms with van der Waals surface area (Å²) in [5, 5.41) is 15.1. The Labute approximate surface area is 212 Å². The number of benzene rings is 2. The number of amidine groups is 2. The molecule has 0 aliphatic carbocycles. The molecule has 0 amide bonds. The van der Waals surface area contributed by atoms with Crippen LogP contribution in [0.15, 0.2) is 52.9 Å². The molecule has 0 aliphatic rings. The van der Waals surface area contributed by atoms with E-state index in [4.69, 9.17) is 26.7 Å². The van der Waals surface area contributed by atoms with Crippen LogP contribution in [-0.4, -0.2) is 31.6 Å². The topological polar surface area (TPSA) is 170 Å². The average Bonchev–Trinajstić information content (AvgIpc) is 3.42. The highest BCUT2D eigenvalue weighted by molar-refractivity contribution is 5.99. The molecule has 3 aromatic heterocycles. The minimum atomic E-state index is -0.00505. The Hall–Kier alpha value is -3.24. The van der Waals surface area contributed by atoms with Crippen LogP contribution < -0.4 is 11.5 Å².